The van der Waals surface area contributed by atoms with E-state index in [1.165, 1.54) is 0 Å². The number of carbonyl (C=O) groups is 1. The molecule has 1 aromatic carbocycles. The van der Waals surface area contributed by atoms with E-state index in [9.17, 15) is 13.2 Å². The lowest BCUT2D eigenvalue weighted by atomic mass is 10.2. The lowest BCUT2D eigenvalue weighted by Crippen LogP contribution is -2.49. The predicted octanol–water partition coefficient (Wildman–Crippen LogP) is 2.15. The summed E-state index contributed by atoms with van der Waals surface area (Å²) in [5.41, 5.74) is 0.491. The first-order valence-corrected chi connectivity index (χ1v) is 8.97. The summed E-state index contributed by atoms with van der Waals surface area (Å²) in [6, 6.07) is 7.90. The molecule has 0 aliphatic carbocycles. The van der Waals surface area contributed by atoms with Gasteiger partial charge in [0.05, 0.1) is 11.9 Å². The van der Waals surface area contributed by atoms with Gasteiger partial charge in [0.2, 0.25) is 15.9 Å². The number of carbonyl (C=O) groups excluding carboxylic acids is 1. The molecule has 1 rings (SSSR count). The Hall–Kier alpha value is -1.56. The first-order chi connectivity index (χ1) is 9.77. The molecule has 0 unspecified atom stereocenters. The van der Waals surface area contributed by atoms with Gasteiger partial charge in [-0.05, 0) is 32.4 Å². The summed E-state index contributed by atoms with van der Waals surface area (Å²) in [6.07, 6.45) is 2.94. The van der Waals surface area contributed by atoms with Crippen LogP contribution >= 0.6 is 0 Å². The van der Waals surface area contributed by atoms with Crippen LogP contribution in [0.2, 0.25) is 0 Å². The highest BCUT2D eigenvalue weighted by molar-refractivity contribution is 7.92. The van der Waals surface area contributed by atoms with Crippen LogP contribution in [0.5, 0.6) is 0 Å². The molecule has 0 aromatic heterocycles. The summed E-state index contributed by atoms with van der Waals surface area (Å²) >= 11 is 0. The maximum Gasteiger partial charge on any atom is 0.243 e. The van der Waals surface area contributed by atoms with Gasteiger partial charge in [-0.1, -0.05) is 31.5 Å². The minimum absolute atomic E-state index is 0.0298. The highest BCUT2D eigenvalue weighted by atomic mass is 32.2. The van der Waals surface area contributed by atoms with Gasteiger partial charge < -0.3 is 5.32 Å². The Kier molecular flexibility index (Phi) is 6.20. The average molecular weight is 312 g/mol. The summed E-state index contributed by atoms with van der Waals surface area (Å²) in [5, 5.41) is 2.86. The Morgan fingerprint density at radius 2 is 1.81 bits per heavy atom. The number of benzene rings is 1. The van der Waals surface area contributed by atoms with Crippen molar-refractivity contribution in [2.75, 3.05) is 10.6 Å². The van der Waals surface area contributed by atoms with E-state index in [-0.39, 0.29) is 11.9 Å². The summed E-state index contributed by atoms with van der Waals surface area (Å²) < 4.78 is 25.2. The molecular formula is C15H24N2O3S. The van der Waals surface area contributed by atoms with E-state index in [0.717, 1.165) is 23.4 Å². The minimum atomic E-state index is -3.54. The van der Waals surface area contributed by atoms with Gasteiger partial charge in [0.1, 0.15) is 6.04 Å². The summed E-state index contributed by atoms with van der Waals surface area (Å²) in [4.78, 5) is 12.3. The van der Waals surface area contributed by atoms with Crippen LogP contribution in [0.3, 0.4) is 0 Å². The standard InChI is InChI=1S/C15H24N2O3S/c1-5-9-12(2)16-15(18)13(3)17(21(4,19)20)14-10-7-6-8-11-14/h6-8,10-13H,5,9H2,1-4H3,(H,16,18)/t12-,13-/m0/s1. The van der Waals surface area contributed by atoms with E-state index in [0.29, 0.717) is 5.69 Å². The average Bonchev–Trinajstić information content (AvgIpc) is 2.38. The van der Waals surface area contributed by atoms with Crippen molar-refractivity contribution in [1.82, 2.24) is 5.32 Å². The van der Waals surface area contributed by atoms with E-state index in [4.69, 9.17) is 0 Å². The third-order valence-corrected chi connectivity index (χ3v) is 4.45. The van der Waals surface area contributed by atoms with Gasteiger partial charge in [-0.25, -0.2) is 8.42 Å². The van der Waals surface area contributed by atoms with E-state index in [1.807, 2.05) is 13.8 Å². The number of anilines is 1. The molecule has 0 saturated heterocycles. The number of sulfonamides is 1. The molecule has 5 nitrogen and oxygen atoms in total. The van der Waals surface area contributed by atoms with Crippen LogP contribution in [-0.2, 0) is 14.8 Å². The third-order valence-electron chi connectivity index (χ3n) is 3.21. The molecule has 1 amide bonds. The summed E-state index contributed by atoms with van der Waals surface area (Å²) in [6.45, 7) is 5.56. The summed E-state index contributed by atoms with van der Waals surface area (Å²) in [5.74, 6) is -0.287. The highest BCUT2D eigenvalue weighted by Gasteiger charge is 2.29. The molecule has 6 heteroatoms. The first kappa shape index (κ1) is 17.5. The SMILES string of the molecule is CCC[C@H](C)NC(=O)[C@H](C)N(c1ccccc1)S(C)(=O)=O. The minimum Gasteiger partial charge on any atom is -0.352 e. The fraction of sp³-hybridized carbons (Fsp3) is 0.533. The van der Waals surface area contributed by atoms with Crippen molar-refractivity contribution < 1.29 is 13.2 Å². The molecule has 0 heterocycles. The predicted molar refractivity (Wildman–Crippen MR) is 85.7 cm³/mol. The quantitative estimate of drug-likeness (QED) is 0.839. The normalized spacial score (nSPS) is 14.3. The molecule has 0 aliphatic rings. The Bertz CT molecular complexity index is 558. The zero-order chi connectivity index (χ0) is 16.0. The van der Waals surface area contributed by atoms with Crippen LogP contribution in [0.4, 0.5) is 5.69 Å². The fourth-order valence-electron chi connectivity index (χ4n) is 2.25. The Morgan fingerprint density at radius 1 is 1.24 bits per heavy atom. The van der Waals surface area contributed by atoms with E-state index in [2.05, 4.69) is 5.32 Å². The van der Waals surface area contributed by atoms with Crippen molar-refractivity contribution in [2.24, 2.45) is 0 Å². The van der Waals surface area contributed by atoms with E-state index >= 15 is 0 Å². The van der Waals surface area contributed by atoms with Crippen LogP contribution < -0.4 is 9.62 Å². The van der Waals surface area contributed by atoms with Crippen molar-refractivity contribution in [3.8, 4) is 0 Å². The van der Waals surface area contributed by atoms with Crippen molar-refractivity contribution in [1.29, 1.82) is 0 Å². The van der Waals surface area contributed by atoms with Crippen LogP contribution in [0, 0.1) is 0 Å². The lowest BCUT2D eigenvalue weighted by molar-refractivity contribution is -0.122. The second-order valence-corrected chi connectivity index (χ2v) is 7.13. The Balaban J connectivity index is 2.97. The molecule has 2 atom stereocenters. The third kappa shape index (κ3) is 5.04. The zero-order valence-corrected chi connectivity index (χ0v) is 13.9. The molecule has 0 fully saturated rings. The molecule has 1 aromatic rings. The molecular weight excluding hydrogens is 288 g/mol. The summed E-state index contributed by atoms with van der Waals surface area (Å²) in [7, 11) is -3.54. The van der Waals surface area contributed by atoms with Crippen LogP contribution in [-0.4, -0.2) is 32.7 Å². The van der Waals surface area contributed by atoms with Gasteiger partial charge >= 0.3 is 0 Å². The molecule has 0 aliphatic heterocycles. The number of hydrogen-bond acceptors (Lipinski definition) is 3. The fourth-order valence-corrected chi connectivity index (χ4v) is 3.43. The van der Waals surface area contributed by atoms with Crippen LogP contribution in [0.1, 0.15) is 33.6 Å². The van der Waals surface area contributed by atoms with Crippen LogP contribution in [0.25, 0.3) is 0 Å². The topological polar surface area (TPSA) is 66.5 Å². The van der Waals surface area contributed by atoms with Gasteiger partial charge in [0.25, 0.3) is 0 Å². The Labute approximate surface area is 127 Å². The van der Waals surface area contributed by atoms with E-state index < -0.39 is 16.1 Å². The van der Waals surface area contributed by atoms with Gasteiger partial charge in [0.15, 0.2) is 0 Å². The number of amides is 1. The Morgan fingerprint density at radius 3 is 2.29 bits per heavy atom. The number of nitrogens with zero attached hydrogens (tertiary/aromatic N) is 1. The molecule has 0 spiro atoms. The maximum absolute atomic E-state index is 12.3. The smallest absolute Gasteiger partial charge is 0.243 e. The largest absolute Gasteiger partial charge is 0.352 e. The number of para-hydroxylation sites is 1. The number of hydrogen-bond donors (Lipinski definition) is 1. The van der Waals surface area contributed by atoms with Gasteiger partial charge in [-0.3, -0.25) is 9.10 Å². The zero-order valence-electron chi connectivity index (χ0n) is 13.0. The molecule has 21 heavy (non-hydrogen) atoms. The maximum atomic E-state index is 12.3. The highest BCUT2D eigenvalue weighted by Crippen LogP contribution is 2.20. The van der Waals surface area contributed by atoms with Gasteiger partial charge in [0, 0.05) is 6.04 Å². The van der Waals surface area contributed by atoms with Crippen molar-refractivity contribution in [3.05, 3.63) is 30.3 Å². The van der Waals surface area contributed by atoms with Gasteiger partial charge in [-0.15, -0.1) is 0 Å². The monoisotopic (exact) mass is 312 g/mol. The second-order valence-electron chi connectivity index (χ2n) is 5.27. The number of nitrogens with one attached hydrogen (secondary N) is 1. The second kappa shape index (κ2) is 7.45. The van der Waals surface area contributed by atoms with Gasteiger partial charge in [-0.2, -0.15) is 0 Å². The molecule has 118 valence electrons. The first-order valence-electron chi connectivity index (χ1n) is 7.12. The van der Waals surface area contributed by atoms with Crippen molar-refractivity contribution in [2.45, 2.75) is 45.7 Å². The molecule has 0 bridgehead atoms. The molecule has 0 saturated carbocycles. The molecule has 1 N–H and O–H groups in total. The van der Waals surface area contributed by atoms with Crippen molar-refractivity contribution in [3.63, 3.8) is 0 Å². The lowest BCUT2D eigenvalue weighted by Gasteiger charge is -2.29. The molecule has 0 radical (unpaired) electrons. The number of rotatable bonds is 7. The van der Waals surface area contributed by atoms with Crippen LogP contribution in [0.15, 0.2) is 30.3 Å². The van der Waals surface area contributed by atoms with Crippen molar-refractivity contribution >= 4 is 21.6 Å². The van der Waals surface area contributed by atoms with E-state index in [1.54, 1.807) is 37.3 Å².